The minimum absolute atomic E-state index is 0. The molecule has 0 amide bonds. The number of rotatable bonds is 7. The molecule has 2 N–H and O–H groups in total. The molecule has 0 atom stereocenters. The van der Waals surface area contributed by atoms with Crippen LogP contribution in [-0.2, 0) is 13.1 Å². The smallest absolute Gasteiger partial charge is 0.191 e. The Morgan fingerprint density at radius 3 is 2.45 bits per heavy atom. The van der Waals surface area contributed by atoms with Gasteiger partial charge in [-0.3, -0.25) is 14.6 Å². The first-order valence-corrected chi connectivity index (χ1v) is 10.3. The van der Waals surface area contributed by atoms with Gasteiger partial charge in [-0.15, -0.1) is 24.0 Å². The van der Waals surface area contributed by atoms with Crippen LogP contribution < -0.4 is 10.6 Å². The number of aromatic nitrogens is 2. The van der Waals surface area contributed by atoms with Gasteiger partial charge >= 0.3 is 0 Å². The molecule has 1 aliphatic heterocycles. The second-order valence-electron chi connectivity index (χ2n) is 8.11. The summed E-state index contributed by atoms with van der Waals surface area (Å²) in [6, 6.07) is 10.4. The monoisotopic (exact) mass is 510 g/mol. The van der Waals surface area contributed by atoms with E-state index in [1.165, 1.54) is 43.5 Å². The van der Waals surface area contributed by atoms with Crippen molar-refractivity contribution >= 4 is 29.9 Å². The molecule has 1 fully saturated rings. The van der Waals surface area contributed by atoms with Crippen molar-refractivity contribution in [2.45, 2.75) is 51.7 Å². The molecule has 1 saturated heterocycles. The highest BCUT2D eigenvalue weighted by atomic mass is 127. The van der Waals surface area contributed by atoms with E-state index in [4.69, 9.17) is 0 Å². The van der Waals surface area contributed by atoms with E-state index < -0.39 is 0 Å². The van der Waals surface area contributed by atoms with Gasteiger partial charge in [0.2, 0.25) is 0 Å². The zero-order chi connectivity index (χ0) is 19.8. The van der Waals surface area contributed by atoms with Crippen molar-refractivity contribution in [2.75, 3.05) is 26.7 Å². The molecule has 7 heteroatoms. The van der Waals surface area contributed by atoms with Gasteiger partial charge in [-0.25, -0.2) is 0 Å². The van der Waals surface area contributed by atoms with Crippen molar-refractivity contribution in [1.82, 2.24) is 25.3 Å². The first kappa shape index (κ1) is 23.7. The molecule has 6 nitrogen and oxygen atoms in total. The quantitative estimate of drug-likeness (QED) is 0.340. The molecule has 0 aliphatic carbocycles. The Kier molecular flexibility index (Phi) is 9.42. The Balaban J connectivity index is 0.00000300. The molecule has 0 saturated carbocycles. The summed E-state index contributed by atoms with van der Waals surface area (Å²) in [5, 5.41) is 11.3. The van der Waals surface area contributed by atoms with Crippen LogP contribution in [0.25, 0.3) is 0 Å². The Morgan fingerprint density at radius 1 is 1.07 bits per heavy atom. The molecule has 160 valence electrons. The average Bonchev–Trinajstić information content (AvgIpc) is 3.23. The number of hydrogen-bond donors (Lipinski definition) is 2. The van der Waals surface area contributed by atoms with E-state index in [1.807, 2.05) is 30.2 Å². The van der Waals surface area contributed by atoms with Crippen LogP contribution in [-0.4, -0.2) is 52.9 Å². The summed E-state index contributed by atoms with van der Waals surface area (Å²) >= 11 is 0. The van der Waals surface area contributed by atoms with E-state index >= 15 is 0 Å². The van der Waals surface area contributed by atoms with Crippen molar-refractivity contribution in [3.8, 4) is 0 Å². The summed E-state index contributed by atoms with van der Waals surface area (Å²) in [6.07, 6.45) is 7.79. The molecule has 3 rings (SSSR count). The van der Waals surface area contributed by atoms with Gasteiger partial charge in [0.25, 0.3) is 0 Å². The third kappa shape index (κ3) is 6.99. The number of nitrogens with one attached hydrogen (secondary N) is 2. The standard InChI is InChI=1S/C22H34N6.HI/c1-22(2,27-13-7-4-8-14-27)18-25-21(23-3)24-16-19-10-5-6-11-20(19)17-28-15-9-12-26-28;/h5-6,9-12,15H,4,7-8,13-14,16-18H2,1-3H3,(H2,23,24,25);1H. The van der Waals surface area contributed by atoms with E-state index in [2.05, 4.69) is 63.7 Å². The highest BCUT2D eigenvalue weighted by Crippen LogP contribution is 2.19. The van der Waals surface area contributed by atoms with Crippen molar-refractivity contribution in [3.05, 3.63) is 53.9 Å². The van der Waals surface area contributed by atoms with Gasteiger partial charge in [-0.05, 0) is 57.0 Å². The summed E-state index contributed by atoms with van der Waals surface area (Å²) in [7, 11) is 1.83. The molecule has 0 bridgehead atoms. The number of piperidine rings is 1. The Morgan fingerprint density at radius 2 is 1.79 bits per heavy atom. The van der Waals surface area contributed by atoms with Crippen LogP contribution in [0.15, 0.2) is 47.7 Å². The van der Waals surface area contributed by atoms with E-state index in [1.54, 1.807) is 0 Å². The lowest BCUT2D eigenvalue weighted by molar-refractivity contribution is 0.0982. The zero-order valence-electron chi connectivity index (χ0n) is 17.9. The van der Waals surface area contributed by atoms with Crippen LogP contribution in [0.1, 0.15) is 44.2 Å². The Hall–Kier alpha value is -1.61. The maximum absolute atomic E-state index is 4.42. The minimum atomic E-state index is 0. The van der Waals surface area contributed by atoms with Crippen molar-refractivity contribution in [1.29, 1.82) is 0 Å². The summed E-state index contributed by atoms with van der Waals surface area (Å²) in [6.45, 7) is 9.42. The fourth-order valence-corrected chi connectivity index (χ4v) is 3.76. The third-order valence-electron chi connectivity index (χ3n) is 5.58. The number of nitrogens with zero attached hydrogens (tertiary/aromatic N) is 4. The highest BCUT2D eigenvalue weighted by Gasteiger charge is 2.27. The SMILES string of the molecule is CN=C(NCc1ccccc1Cn1cccn1)NCC(C)(C)N1CCCCC1.I. The molecule has 1 aromatic carbocycles. The van der Waals surface area contributed by atoms with Gasteiger partial charge in [-0.1, -0.05) is 30.7 Å². The van der Waals surface area contributed by atoms with Crippen LogP contribution in [0.4, 0.5) is 0 Å². The van der Waals surface area contributed by atoms with Crippen LogP contribution in [0, 0.1) is 0 Å². The Labute approximate surface area is 192 Å². The van der Waals surface area contributed by atoms with Gasteiger partial charge < -0.3 is 10.6 Å². The molecule has 1 aliphatic rings. The topological polar surface area (TPSA) is 57.5 Å². The second kappa shape index (κ2) is 11.5. The van der Waals surface area contributed by atoms with Crippen LogP contribution in [0.5, 0.6) is 0 Å². The summed E-state index contributed by atoms with van der Waals surface area (Å²) in [5.74, 6) is 0.846. The summed E-state index contributed by atoms with van der Waals surface area (Å²) in [4.78, 5) is 7.01. The van der Waals surface area contributed by atoms with E-state index in [-0.39, 0.29) is 29.5 Å². The van der Waals surface area contributed by atoms with Gasteiger partial charge in [0, 0.05) is 38.1 Å². The number of halogens is 1. The van der Waals surface area contributed by atoms with Gasteiger partial charge in [0.1, 0.15) is 0 Å². The number of benzene rings is 1. The lowest BCUT2D eigenvalue weighted by atomic mass is 9.98. The predicted molar refractivity (Wildman–Crippen MR) is 131 cm³/mol. The van der Waals surface area contributed by atoms with Crippen LogP contribution in [0.3, 0.4) is 0 Å². The number of hydrogen-bond acceptors (Lipinski definition) is 3. The van der Waals surface area contributed by atoms with Gasteiger partial charge in [-0.2, -0.15) is 5.10 Å². The van der Waals surface area contributed by atoms with Gasteiger partial charge in [0.05, 0.1) is 6.54 Å². The van der Waals surface area contributed by atoms with E-state index in [0.717, 1.165) is 25.6 Å². The fraction of sp³-hybridized carbons (Fsp3) is 0.545. The molecule has 0 radical (unpaired) electrons. The minimum Gasteiger partial charge on any atom is -0.355 e. The van der Waals surface area contributed by atoms with Crippen molar-refractivity contribution in [2.24, 2.45) is 4.99 Å². The lowest BCUT2D eigenvalue weighted by Gasteiger charge is -2.41. The number of likely N-dealkylation sites (tertiary alicyclic amines) is 1. The lowest BCUT2D eigenvalue weighted by Crippen LogP contribution is -2.54. The van der Waals surface area contributed by atoms with E-state index in [9.17, 15) is 0 Å². The van der Waals surface area contributed by atoms with Crippen LogP contribution >= 0.6 is 24.0 Å². The summed E-state index contributed by atoms with van der Waals surface area (Å²) in [5.41, 5.74) is 2.65. The fourth-order valence-electron chi connectivity index (χ4n) is 3.76. The van der Waals surface area contributed by atoms with Crippen molar-refractivity contribution < 1.29 is 0 Å². The van der Waals surface area contributed by atoms with Crippen LogP contribution in [0.2, 0.25) is 0 Å². The largest absolute Gasteiger partial charge is 0.355 e. The predicted octanol–water partition coefficient (Wildman–Crippen LogP) is 3.48. The molecule has 29 heavy (non-hydrogen) atoms. The van der Waals surface area contributed by atoms with E-state index in [0.29, 0.717) is 0 Å². The molecular formula is C22H35IN6. The normalized spacial score (nSPS) is 15.6. The molecular weight excluding hydrogens is 475 g/mol. The molecule has 2 aromatic rings. The molecule has 0 unspecified atom stereocenters. The highest BCUT2D eigenvalue weighted by molar-refractivity contribution is 14.0. The average molecular weight is 510 g/mol. The molecule has 0 spiro atoms. The second-order valence-corrected chi connectivity index (χ2v) is 8.11. The first-order valence-electron chi connectivity index (χ1n) is 10.3. The van der Waals surface area contributed by atoms with Gasteiger partial charge in [0.15, 0.2) is 5.96 Å². The Bertz CT molecular complexity index is 750. The molecule has 2 heterocycles. The summed E-state index contributed by atoms with van der Waals surface area (Å²) < 4.78 is 1.95. The first-order chi connectivity index (χ1) is 13.6. The van der Waals surface area contributed by atoms with Crippen molar-refractivity contribution in [3.63, 3.8) is 0 Å². The number of aliphatic imine (C=N–C) groups is 1. The third-order valence-corrected chi connectivity index (χ3v) is 5.58. The molecule has 1 aromatic heterocycles. The zero-order valence-corrected chi connectivity index (χ0v) is 20.2. The number of guanidine groups is 1. The maximum Gasteiger partial charge on any atom is 0.191 e. The maximum atomic E-state index is 4.42.